The molecule has 0 spiro atoms. The molecule has 0 unspecified atom stereocenters. The summed E-state index contributed by atoms with van der Waals surface area (Å²) >= 11 is 1.59. The van der Waals surface area contributed by atoms with E-state index in [9.17, 15) is 20.2 Å². The summed E-state index contributed by atoms with van der Waals surface area (Å²) in [6.45, 7) is 0. The third-order valence-electron chi connectivity index (χ3n) is 4.13. The first-order valence-electron chi connectivity index (χ1n) is 8.72. The smallest absolute Gasteiger partial charge is 0.258 e. The molecule has 11 nitrogen and oxygen atoms in total. The minimum absolute atomic E-state index is 0.166. The van der Waals surface area contributed by atoms with Gasteiger partial charge in [0.05, 0.1) is 31.8 Å². The quantitative estimate of drug-likeness (QED) is 0.192. The molecule has 1 aromatic heterocycles. The molecule has 3 aromatic carbocycles. The number of hydrogen-bond donors (Lipinski definition) is 0. The molecular weight excluding hydrogens is 422 g/mol. The second kappa shape index (κ2) is 8.51. The standard InChI is InChI=1S/C19H11N7O4S/c27-25(28)14-9-10-15(17(11-14)26(29)30)22-24-23-21-13-7-5-12(6-8-13)19-20-16-3-1-2-4-18(16)31-19/h1-11H. The lowest BCUT2D eigenvalue weighted by Gasteiger charge is -1.96. The molecule has 12 heteroatoms. The van der Waals surface area contributed by atoms with Crippen LogP contribution in [-0.4, -0.2) is 14.8 Å². The average molecular weight is 433 g/mol. The summed E-state index contributed by atoms with van der Waals surface area (Å²) in [6, 6.07) is 18.1. The Kier molecular flexibility index (Phi) is 5.45. The summed E-state index contributed by atoms with van der Waals surface area (Å²) in [4.78, 5) is 24.9. The average Bonchev–Trinajstić information content (AvgIpc) is 3.21. The third-order valence-corrected chi connectivity index (χ3v) is 5.21. The van der Waals surface area contributed by atoms with Gasteiger partial charge in [0.2, 0.25) is 0 Å². The number of benzene rings is 3. The second-order valence-corrected chi connectivity index (χ2v) is 7.13. The Morgan fingerprint density at radius 2 is 1.58 bits per heavy atom. The van der Waals surface area contributed by atoms with Crippen LogP contribution in [-0.2, 0) is 0 Å². The predicted octanol–water partition coefficient (Wildman–Crippen LogP) is 6.56. The zero-order valence-corrected chi connectivity index (χ0v) is 16.3. The van der Waals surface area contributed by atoms with Crippen molar-refractivity contribution in [3.05, 3.63) is 87.0 Å². The van der Waals surface area contributed by atoms with Gasteiger partial charge in [-0.15, -0.1) is 21.6 Å². The van der Waals surface area contributed by atoms with Crippen molar-refractivity contribution in [2.45, 2.75) is 0 Å². The van der Waals surface area contributed by atoms with Crippen LogP contribution in [0.25, 0.3) is 20.8 Å². The second-order valence-electron chi connectivity index (χ2n) is 6.10. The van der Waals surface area contributed by atoms with Crippen molar-refractivity contribution in [3.63, 3.8) is 0 Å². The number of aromatic nitrogens is 1. The molecule has 152 valence electrons. The third kappa shape index (κ3) is 4.43. The van der Waals surface area contributed by atoms with Gasteiger partial charge in [0.25, 0.3) is 5.69 Å². The number of nitro benzene ring substituents is 2. The number of non-ortho nitro benzene ring substituents is 1. The number of nitro groups is 2. The zero-order chi connectivity index (χ0) is 21.8. The van der Waals surface area contributed by atoms with E-state index in [1.807, 2.05) is 36.4 Å². The predicted molar refractivity (Wildman–Crippen MR) is 114 cm³/mol. The highest BCUT2D eigenvalue weighted by Crippen LogP contribution is 2.32. The number of thiazole rings is 1. The Morgan fingerprint density at radius 1 is 0.839 bits per heavy atom. The van der Waals surface area contributed by atoms with E-state index in [2.05, 4.69) is 25.7 Å². The lowest BCUT2D eigenvalue weighted by atomic mass is 10.2. The van der Waals surface area contributed by atoms with Crippen LogP contribution in [0.3, 0.4) is 0 Å². The largest absolute Gasteiger partial charge is 0.303 e. The van der Waals surface area contributed by atoms with Crippen molar-refractivity contribution in [2.75, 3.05) is 0 Å². The highest BCUT2D eigenvalue weighted by Gasteiger charge is 2.19. The maximum Gasteiger partial charge on any atom is 0.303 e. The van der Waals surface area contributed by atoms with E-state index in [0.29, 0.717) is 5.69 Å². The van der Waals surface area contributed by atoms with Gasteiger partial charge in [-0.1, -0.05) is 12.1 Å². The van der Waals surface area contributed by atoms with Crippen LogP contribution < -0.4 is 0 Å². The molecule has 0 atom stereocenters. The first-order valence-corrected chi connectivity index (χ1v) is 9.53. The van der Waals surface area contributed by atoms with Crippen LogP contribution in [0.2, 0.25) is 0 Å². The highest BCUT2D eigenvalue weighted by atomic mass is 32.1. The molecule has 0 N–H and O–H groups in total. The van der Waals surface area contributed by atoms with E-state index in [-0.39, 0.29) is 5.69 Å². The molecule has 4 aromatic rings. The summed E-state index contributed by atoms with van der Waals surface area (Å²) in [5, 5.41) is 37.2. The molecule has 0 aliphatic rings. The monoisotopic (exact) mass is 433 g/mol. The summed E-state index contributed by atoms with van der Waals surface area (Å²) in [6.07, 6.45) is 0. The number of nitrogens with zero attached hydrogens (tertiary/aromatic N) is 7. The SMILES string of the molecule is O=[N+]([O-])c1ccc(N=NN=Nc2ccc(-c3nc4ccccc4s3)cc2)c([N+](=O)[O-])c1. The van der Waals surface area contributed by atoms with Crippen molar-refractivity contribution < 1.29 is 9.85 Å². The maximum atomic E-state index is 11.1. The van der Waals surface area contributed by atoms with E-state index in [4.69, 9.17) is 0 Å². The van der Waals surface area contributed by atoms with Gasteiger partial charge in [0.1, 0.15) is 5.01 Å². The van der Waals surface area contributed by atoms with Crippen LogP contribution in [0.1, 0.15) is 0 Å². The van der Waals surface area contributed by atoms with Gasteiger partial charge in [-0.3, -0.25) is 20.2 Å². The molecule has 0 aliphatic carbocycles. The van der Waals surface area contributed by atoms with Crippen molar-refractivity contribution in [3.8, 4) is 10.6 Å². The Morgan fingerprint density at radius 3 is 2.29 bits per heavy atom. The molecule has 0 bridgehead atoms. The van der Waals surface area contributed by atoms with Crippen LogP contribution >= 0.6 is 11.3 Å². The molecule has 0 aliphatic heterocycles. The molecule has 0 saturated heterocycles. The van der Waals surface area contributed by atoms with Gasteiger partial charge in [0, 0.05) is 11.6 Å². The van der Waals surface area contributed by atoms with Crippen molar-refractivity contribution in [1.82, 2.24) is 4.98 Å². The number of para-hydroxylation sites is 1. The molecule has 1 heterocycles. The van der Waals surface area contributed by atoms with E-state index in [0.717, 1.165) is 39.0 Å². The fourth-order valence-corrected chi connectivity index (χ4v) is 3.63. The van der Waals surface area contributed by atoms with Crippen LogP contribution in [0, 0.1) is 20.2 Å². The van der Waals surface area contributed by atoms with E-state index in [1.165, 1.54) is 0 Å². The summed E-state index contributed by atoms with van der Waals surface area (Å²) < 4.78 is 1.10. The molecule has 0 saturated carbocycles. The molecule has 31 heavy (non-hydrogen) atoms. The normalized spacial score (nSPS) is 11.5. The van der Waals surface area contributed by atoms with Gasteiger partial charge in [-0.2, -0.15) is 0 Å². The van der Waals surface area contributed by atoms with E-state index < -0.39 is 21.2 Å². The molecule has 4 rings (SSSR count). The van der Waals surface area contributed by atoms with Gasteiger partial charge in [0.15, 0.2) is 5.69 Å². The van der Waals surface area contributed by atoms with Crippen molar-refractivity contribution in [1.29, 1.82) is 0 Å². The Balaban J connectivity index is 1.48. The minimum atomic E-state index is -0.779. The Bertz CT molecular complexity index is 1320. The first kappa shape index (κ1) is 19.8. The number of hydrogen-bond acceptors (Lipinski definition) is 8. The van der Waals surface area contributed by atoms with Gasteiger partial charge in [-0.05, 0) is 52.9 Å². The molecule has 0 amide bonds. The zero-order valence-electron chi connectivity index (χ0n) is 15.5. The van der Waals surface area contributed by atoms with Gasteiger partial charge >= 0.3 is 5.69 Å². The highest BCUT2D eigenvalue weighted by molar-refractivity contribution is 7.21. The Hall–Kier alpha value is -4.45. The minimum Gasteiger partial charge on any atom is -0.258 e. The molecule has 0 fully saturated rings. The number of rotatable bonds is 6. The Labute approximate surface area is 177 Å². The molecule has 0 radical (unpaired) electrons. The fraction of sp³-hybridized carbons (Fsp3) is 0. The van der Waals surface area contributed by atoms with Crippen molar-refractivity contribution >= 4 is 44.3 Å². The molecular formula is C19H11N7O4S. The summed E-state index contributed by atoms with van der Waals surface area (Å²) in [7, 11) is 0. The fourth-order valence-electron chi connectivity index (χ4n) is 2.66. The van der Waals surface area contributed by atoms with Crippen LogP contribution in [0.4, 0.5) is 22.7 Å². The first-order chi connectivity index (χ1) is 15.0. The lowest BCUT2D eigenvalue weighted by Crippen LogP contribution is -1.92. The van der Waals surface area contributed by atoms with Gasteiger partial charge in [-0.25, -0.2) is 4.98 Å². The van der Waals surface area contributed by atoms with Gasteiger partial charge < -0.3 is 0 Å². The lowest BCUT2D eigenvalue weighted by molar-refractivity contribution is -0.393. The maximum absolute atomic E-state index is 11.1. The van der Waals surface area contributed by atoms with Crippen LogP contribution in [0.5, 0.6) is 0 Å². The topological polar surface area (TPSA) is 149 Å². The summed E-state index contributed by atoms with van der Waals surface area (Å²) in [5.41, 5.74) is 1.24. The number of fused-ring (bicyclic) bond motifs is 1. The summed E-state index contributed by atoms with van der Waals surface area (Å²) in [5.74, 6) is 0. The van der Waals surface area contributed by atoms with Crippen molar-refractivity contribution in [2.24, 2.45) is 20.7 Å². The van der Waals surface area contributed by atoms with E-state index in [1.54, 1.807) is 23.5 Å². The van der Waals surface area contributed by atoms with E-state index >= 15 is 0 Å². The van der Waals surface area contributed by atoms with Crippen LogP contribution in [0.15, 0.2) is 87.4 Å².